The topological polar surface area (TPSA) is 239 Å². The first-order chi connectivity index (χ1) is 31.4. The number of H-pyrrole nitrogens is 2. The minimum Gasteiger partial charge on any atom is -0.465 e. The number of nitrogens with one attached hydrogen (secondary N) is 4. The van der Waals surface area contributed by atoms with Crippen molar-refractivity contribution in [3.63, 3.8) is 0 Å². The highest BCUT2D eigenvalue weighted by molar-refractivity contribution is 7.92. The number of fused-ring (bicyclic) bond motifs is 2. The van der Waals surface area contributed by atoms with Crippen LogP contribution in [0.1, 0.15) is 113 Å². The Morgan fingerprint density at radius 3 is 1.68 bits per heavy atom. The quantitative estimate of drug-likeness (QED) is 0.0873. The number of amides is 4. The van der Waals surface area contributed by atoms with Gasteiger partial charge in [-0.25, -0.2) is 33.0 Å². The number of ether oxygens (including phenoxy) is 1. The van der Waals surface area contributed by atoms with Gasteiger partial charge in [-0.2, -0.15) is 0 Å². The zero-order chi connectivity index (χ0) is 47.2. The normalized spacial score (nSPS) is 21.0. The van der Waals surface area contributed by atoms with Crippen LogP contribution in [0.4, 0.5) is 21.1 Å². The molecule has 0 saturated carbocycles. The molecule has 0 bridgehead atoms. The van der Waals surface area contributed by atoms with Gasteiger partial charge < -0.3 is 45.1 Å². The van der Waals surface area contributed by atoms with E-state index in [0.717, 1.165) is 81.5 Å². The first-order valence-corrected chi connectivity index (χ1v) is 24.4. The van der Waals surface area contributed by atoms with E-state index in [0.29, 0.717) is 37.0 Å². The molecule has 66 heavy (non-hydrogen) atoms. The van der Waals surface area contributed by atoms with Gasteiger partial charge >= 0.3 is 12.2 Å². The van der Waals surface area contributed by atoms with Gasteiger partial charge in [0.2, 0.25) is 21.8 Å². The third-order valence-corrected chi connectivity index (χ3v) is 14.5. The smallest absolute Gasteiger partial charge is 0.407 e. The highest BCUT2D eigenvalue weighted by atomic mass is 32.2. The average Bonchev–Trinajstić information content (AvgIpc) is 4.14. The Morgan fingerprint density at radius 1 is 0.758 bits per heavy atom. The molecular weight excluding hydrogens is 867 g/mol. The standard InChI is InChI=1S/C46H59N11O8S/c1-25(2)39(52-45(60)61)43(58)55-20-8-10-36(55)41-48-30-15-12-27(22-32(30)50-41)34-17-18-35(57(34)29-14-19-38(47-24-29)54(5)66(7,63)64)28-13-16-31-33(23-28)51-42(49-31)37-11-9-21-56(37)44(59)40(26(3)4)53-46(62)65-6/h12-16,19,22-26,34-37,39-40,52H,8-11,17-18,20-21H2,1-7H3,(H,48,50)(H,49,51)(H,53,62)(H,60,61)/t34-,35-,36+,37+,39+,40+/m1/s1. The van der Waals surface area contributed by atoms with E-state index in [-0.39, 0.29) is 47.8 Å². The Morgan fingerprint density at radius 2 is 1.26 bits per heavy atom. The maximum Gasteiger partial charge on any atom is 0.407 e. The maximum atomic E-state index is 13.9. The van der Waals surface area contributed by atoms with Gasteiger partial charge in [-0.3, -0.25) is 13.9 Å². The SMILES string of the molecule is COC(=O)N[C@H](C(=O)N1CCC[C@H]1c1nc2ccc([C@H]3CC[C@H](c4ccc5nc([C@@H]6CCCN6C(=O)[C@@H](NC(=O)O)C(C)C)[nH]c5c4)N3c3ccc(N(C)S(C)(=O)=O)nc3)cc2[nH]1)C(C)C. The lowest BCUT2D eigenvalue weighted by atomic mass is 10.0. The van der Waals surface area contributed by atoms with E-state index in [1.54, 1.807) is 22.1 Å². The summed E-state index contributed by atoms with van der Waals surface area (Å²) in [6.45, 7) is 8.45. The predicted molar refractivity (Wildman–Crippen MR) is 248 cm³/mol. The number of rotatable bonds is 13. The van der Waals surface area contributed by atoms with Crippen LogP contribution in [0.15, 0.2) is 54.7 Å². The van der Waals surface area contributed by atoms with Crippen molar-refractivity contribution in [2.24, 2.45) is 11.8 Å². The molecule has 19 nitrogen and oxygen atoms in total. The highest BCUT2D eigenvalue weighted by Crippen LogP contribution is 2.48. The number of carbonyl (C=O) groups is 4. The number of likely N-dealkylation sites (tertiary alicyclic amines) is 2. The summed E-state index contributed by atoms with van der Waals surface area (Å²) in [4.78, 5) is 78.7. The number of alkyl carbamates (subject to hydrolysis) is 1. The molecule has 2 aromatic carbocycles. The van der Waals surface area contributed by atoms with Gasteiger partial charge in [0.05, 0.1) is 71.5 Å². The monoisotopic (exact) mass is 925 g/mol. The molecule has 3 aliphatic heterocycles. The van der Waals surface area contributed by atoms with Crippen molar-refractivity contribution in [2.45, 2.75) is 102 Å². The molecule has 4 amide bonds. The molecule has 20 heteroatoms. The minimum absolute atomic E-state index is 0.119. The van der Waals surface area contributed by atoms with Gasteiger partial charge in [0.15, 0.2) is 0 Å². The molecule has 3 aliphatic rings. The molecule has 0 spiro atoms. The fraction of sp³-hybridized carbons (Fsp3) is 0.500. The third kappa shape index (κ3) is 9.06. The number of anilines is 2. The van der Waals surface area contributed by atoms with Gasteiger partial charge in [0, 0.05) is 20.1 Å². The van der Waals surface area contributed by atoms with Gasteiger partial charge in [0.1, 0.15) is 29.6 Å². The Balaban J connectivity index is 1.10. The lowest BCUT2D eigenvalue weighted by Crippen LogP contribution is -2.51. The largest absolute Gasteiger partial charge is 0.465 e. The molecule has 6 heterocycles. The summed E-state index contributed by atoms with van der Waals surface area (Å²) >= 11 is 0. The van der Waals surface area contributed by atoms with Crippen molar-refractivity contribution in [3.8, 4) is 0 Å². The van der Waals surface area contributed by atoms with E-state index in [1.165, 1.54) is 14.2 Å². The second-order valence-electron chi connectivity index (χ2n) is 18.3. The summed E-state index contributed by atoms with van der Waals surface area (Å²) in [7, 11) is -0.795. The summed E-state index contributed by atoms with van der Waals surface area (Å²) in [5.41, 5.74) is 6.01. The number of pyridine rings is 1. The van der Waals surface area contributed by atoms with E-state index >= 15 is 0 Å². The van der Waals surface area contributed by atoms with Crippen molar-refractivity contribution in [2.75, 3.05) is 42.7 Å². The number of benzene rings is 2. The predicted octanol–water partition coefficient (Wildman–Crippen LogP) is 6.31. The number of hydrogen-bond acceptors (Lipinski definition) is 11. The summed E-state index contributed by atoms with van der Waals surface area (Å²) in [6, 6.07) is 13.4. The minimum atomic E-state index is -3.54. The van der Waals surface area contributed by atoms with Crippen LogP contribution in [0.25, 0.3) is 22.1 Å². The molecule has 5 N–H and O–H groups in total. The molecular formula is C46H59N11O8S. The van der Waals surface area contributed by atoms with Gasteiger partial charge in [-0.1, -0.05) is 39.8 Å². The number of aromatic amines is 2. The highest BCUT2D eigenvalue weighted by Gasteiger charge is 2.40. The maximum absolute atomic E-state index is 13.9. The average molecular weight is 926 g/mol. The summed E-state index contributed by atoms with van der Waals surface area (Å²) in [5.74, 6) is 0.781. The van der Waals surface area contributed by atoms with Crippen LogP contribution in [-0.2, 0) is 24.3 Å². The van der Waals surface area contributed by atoms with Gasteiger partial charge in [-0.05, 0) is 97.9 Å². The first-order valence-electron chi connectivity index (χ1n) is 22.6. The summed E-state index contributed by atoms with van der Waals surface area (Å²) in [5, 5.41) is 14.6. The number of imidazole rings is 2. The van der Waals surface area contributed by atoms with Crippen LogP contribution in [0, 0.1) is 11.8 Å². The summed E-state index contributed by atoms with van der Waals surface area (Å²) < 4.78 is 30.8. The van der Waals surface area contributed by atoms with Crippen molar-refractivity contribution < 1.29 is 37.4 Å². The number of carboxylic acid groups (broad SMARTS) is 1. The van der Waals surface area contributed by atoms with Gasteiger partial charge in [-0.15, -0.1) is 0 Å². The van der Waals surface area contributed by atoms with E-state index in [4.69, 9.17) is 14.7 Å². The van der Waals surface area contributed by atoms with Crippen molar-refractivity contribution in [1.82, 2.24) is 45.4 Å². The van der Waals surface area contributed by atoms with E-state index in [9.17, 15) is 32.7 Å². The van der Waals surface area contributed by atoms with Crippen LogP contribution in [-0.4, -0.2) is 118 Å². The second kappa shape index (κ2) is 18.4. The molecule has 3 fully saturated rings. The summed E-state index contributed by atoms with van der Waals surface area (Å²) in [6.07, 6.45) is 5.48. The Bertz CT molecular complexity index is 2740. The fourth-order valence-corrected chi connectivity index (χ4v) is 10.3. The van der Waals surface area contributed by atoms with Gasteiger partial charge in [0.25, 0.3) is 0 Å². The van der Waals surface area contributed by atoms with E-state index in [2.05, 4.69) is 54.8 Å². The lowest BCUT2D eigenvalue weighted by Gasteiger charge is -2.33. The van der Waals surface area contributed by atoms with Crippen LogP contribution in [0.2, 0.25) is 0 Å². The molecule has 352 valence electrons. The number of sulfonamides is 1. The molecule has 3 aromatic heterocycles. The second-order valence-corrected chi connectivity index (χ2v) is 20.3. The number of aromatic nitrogens is 5. The van der Waals surface area contributed by atoms with Crippen LogP contribution >= 0.6 is 0 Å². The fourth-order valence-electron chi connectivity index (χ4n) is 9.87. The van der Waals surface area contributed by atoms with E-state index in [1.807, 2.05) is 45.9 Å². The zero-order valence-electron chi connectivity index (χ0n) is 38.3. The number of carbonyl (C=O) groups excluding carboxylic acids is 3. The number of nitrogens with zero attached hydrogens (tertiary/aromatic N) is 7. The van der Waals surface area contributed by atoms with Crippen LogP contribution in [0.3, 0.4) is 0 Å². The number of methoxy groups -OCH3 is 1. The molecule has 0 radical (unpaired) electrons. The van der Waals surface area contributed by atoms with Crippen LogP contribution < -0.4 is 19.8 Å². The molecule has 0 aliphatic carbocycles. The van der Waals surface area contributed by atoms with Crippen molar-refractivity contribution >= 4 is 67.6 Å². The Labute approximate surface area is 383 Å². The van der Waals surface area contributed by atoms with Crippen molar-refractivity contribution in [1.29, 1.82) is 0 Å². The molecule has 5 aromatic rings. The number of hydrogen-bond donors (Lipinski definition) is 5. The van der Waals surface area contributed by atoms with Crippen molar-refractivity contribution in [3.05, 3.63) is 77.5 Å². The zero-order valence-corrected chi connectivity index (χ0v) is 39.1. The molecule has 6 atom stereocenters. The Kier molecular flexibility index (Phi) is 12.9. The molecule has 3 saturated heterocycles. The molecule has 8 rings (SSSR count). The third-order valence-electron chi connectivity index (χ3n) is 13.4. The van der Waals surface area contributed by atoms with E-state index < -0.39 is 34.3 Å². The molecule has 0 unspecified atom stereocenters. The lowest BCUT2D eigenvalue weighted by molar-refractivity contribution is -0.136. The first kappa shape index (κ1) is 46.1. The van der Waals surface area contributed by atoms with Crippen LogP contribution in [0.5, 0.6) is 0 Å². The Hall–Kier alpha value is -6.44.